The van der Waals surface area contributed by atoms with Gasteiger partial charge in [-0.1, -0.05) is 12.8 Å². The van der Waals surface area contributed by atoms with Gasteiger partial charge in [0.05, 0.1) is 11.6 Å². The molecule has 0 amide bonds. The summed E-state index contributed by atoms with van der Waals surface area (Å²) in [7, 11) is 0. The average Bonchev–Trinajstić information content (AvgIpc) is 2.83. The molecule has 1 aromatic carbocycles. The first-order valence-electron chi connectivity index (χ1n) is 5.98. The lowest BCUT2D eigenvalue weighted by Gasteiger charge is -2.30. The molecule has 0 bridgehead atoms. The van der Waals surface area contributed by atoms with E-state index in [1.165, 1.54) is 0 Å². The highest BCUT2D eigenvalue weighted by molar-refractivity contribution is 5.52. The molecule has 0 aliphatic heterocycles. The second kappa shape index (κ2) is 4.91. The molecule has 2 rings (SSSR count). The van der Waals surface area contributed by atoms with Crippen LogP contribution in [0.3, 0.4) is 0 Å². The van der Waals surface area contributed by atoms with E-state index >= 15 is 0 Å². The van der Waals surface area contributed by atoms with Gasteiger partial charge in [-0.25, -0.2) is 8.78 Å². The van der Waals surface area contributed by atoms with Gasteiger partial charge in [-0.05, 0) is 25.0 Å². The van der Waals surface area contributed by atoms with Crippen LogP contribution in [-0.4, -0.2) is 12.1 Å². The zero-order valence-corrected chi connectivity index (χ0v) is 9.97. The highest BCUT2D eigenvalue weighted by atomic mass is 19.1. The molecule has 5 heteroatoms. The fourth-order valence-electron chi connectivity index (χ4n) is 2.45. The standard InChI is InChI=1S/C13H15F2N3/c14-10-5-9(7-16)6-11(15)12(10)18-13(8-17)3-1-2-4-13/h5-6,18H,1-4,8,17H2. The van der Waals surface area contributed by atoms with Crippen LogP contribution in [0.1, 0.15) is 31.2 Å². The maximum Gasteiger partial charge on any atom is 0.150 e. The van der Waals surface area contributed by atoms with Crippen molar-refractivity contribution in [3.8, 4) is 6.07 Å². The second-order valence-corrected chi connectivity index (χ2v) is 4.74. The van der Waals surface area contributed by atoms with Crippen molar-refractivity contribution in [2.24, 2.45) is 5.73 Å². The fraction of sp³-hybridized carbons (Fsp3) is 0.462. The van der Waals surface area contributed by atoms with Crippen molar-refractivity contribution < 1.29 is 8.78 Å². The highest BCUT2D eigenvalue weighted by Crippen LogP contribution is 2.34. The molecule has 0 saturated heterocycles. The van der Waals surface area contributed by atoms with Crippen molar-refractivity contribution >= 4 is 5.69 Å². The van der Waals surface area contributed by atoms with E-state index in [-0.39, 0.29) is 11.3 Å². The zero-order valence-electron chi connectivity index (χ0n) is 9.97. The van der Waals surface area contributed by atoms with E-state index in [0.717, 1.165) is 37.8 Å². The summed E-state index contributed by atoms with van der Waals surface area (Å²) in [5, 5.41) is 11.5. The van der Waals surface area contributed by atoms with Crippen LogP contribution in [0.25, 0.3) is 0 Å². The minimum Gasteiger partial charge on any atom is -0.374 e. The normalized spacial score (nSPS) is 17.4. The minimum absolute atomic E-state index is 0.0243. The smallest absolute Gasteiger partial charge is 0.150 e. The van der Waals surface area contributed by atoms with Gasteiger partial charge in [-0.15, -0.1) is 0 Å². The third-order valence-electron chi connectivity index (χ3n) is 3.51. The lowest BCUT2D eigenvalue weighted by Crippen LogP contribution is -2.43. The van der Waals surface area contributed by atoms with Crippen LogP contribution in [0.4, 0.5) is 14.5 Å². The summed E-state index contributed by atoms with van der Waals surface area (Å²) in [5.74, 6) is -1.49. The molecule has 1 aliphatic carbocycles. The number of nitrogens with zero attached hydrogens (tertiary/aromatic N) is 1. The first-order chi connectivity index (χ1) is 8.60. The van der Waals surface area contributed by atoms with Crippen molar-refractivity contribution in [1.82, 2.24) is 0 Å². The van der Waals surface area contributed by atoms with Gasteiger partial charge in [0, 0.05) is 12.1 Å². The van der Waals surface area contributed by atoms with Gasteiger partial charge in [0.2, 0.25) is 0 Å². The number of hydrogen-bond acceptors (Lipinski definition) is 3. The summed E-state index contributed by atoms with van der Waals surface area (Å²) in [4.78, 5) is 0. The number of halogens is 2. The maximum absolute atomic E-state index is 13.8. The Bertz CT molecular complexity index is 464. The molecule has 1 saturated carbocycles. The number of rotatable bonds is 3. The molecule has 1 fully saturated rings. The van der Waals surface area contributed by atoms with Crippen molar-refractivity contribution in [2.75, 3.05) is 11.9 Å². The van der Waals surface area contributed by atoms with Crippen LogP contribution in [0, 0.1) is 23.0 Å². The van der Waals surface area contributed by atoms with E-state index < -0.39 is 17.2 Å². The first kappa shape index (κ1) is 12.8. The quantitative estimate of drug-likeness (QED) is 0.867. The van der Waals surface area contributed by atoms with Crippen LogP contribution >= 0.6 is 0 Å². The van der Waals surface area contributed by atoms with Crippen LogP contribution in [0.2, 0.25) is 0 Å². The molecule has 3 N–H and O–H groups in total. The Balaban J connectivity index is 2.32. The molecule has 0 atom stereocenters. The van der Waals surface area contributed by atoms with Crippen LogP contribution in [0.15, 0.2) is 12.1 Å². The van der Waals surface area contributed by atoms with Gasteiger partial charge in [-0.2, -0.15) is 5.26 Å². The van der Waals surface area contributed by atoms with E-state index in [1.807, 2.05) is 0 Å². The molecule has 1 aromatic rings. The number of anilines is 1. The summed E-state index contributed by atoms with van der Waals surface area (Å²) in [5.41, 5.74) is 5.09. The van der Waals surface area contributed by atoms with Gasteiger partial charge >= 0.3 is 0 Å². The Morgan fingerprint density at radius 1 is 1.28 bits per heavy atom. The van der Waals surface area contributed by atoms with Crippen LogP contribution in [-0.2, 0) is 0 Å². The van der Waals surface area contributed by atoms with Crippen molar-refractivity contribution in [3.63, 3.8) is 0 Å². The average molecular weight is 251 g/mol. The Hall–Kier alpha value is -1.67. The number of nitrogens with one attached hydrogen (secondary N) is 1. The molecule has 0 unspecified atom stereocenters. The molecule has 1 aliphatic rings. The lowest BCUT2D eigenvalue weighted by molar-refractivity contribution is 0.480. The monoisotopic (exact) mass is 251 g/mol. The third-order valence-corrected chi connectivity index (χ3v) is 3.51. The summed E-state index contributed by atoms with van der Waals surface area (Å²) < 4.78 is 27.5. The zero-order chi connectivity index (χ0) is 13.2. The fourth-order valence-corrected chi connectivity index (χ4v) is 2.45. The van der Waals surface area contributed by atoms with Crippen LogP contribution in [0.5, 0.6) is 0 Å². The molecule has 0 radical (unpaired) electrons. The van der Waals surface area contributed by atoms with Gasteiger partial charge in [0.25, 0.3) is 0 Å². The van der Waals surface area contributed by atoms with Gasteiger partial charge in [-0.3, -0.25) is 0 Å². The van der Waals surface area contributed by atoms with Gasteiger partial charge in [0.1, 0.15) is 5.69 Å². The van der Waals surface area contributed by atoms with E-state index in [9.17, 15) is 8.78 Å². The van der Waals surface area contributed by atoms with Crippen LogP contribution < -0.4 is 11.1 Å². The van der Waals surface area contributed by atoms with E-state index in [2.05, 4.69) is 5.32 Å². The SMILES string of the molecule is N#Cc1cc(F)c(NC2(CN)CCCC2)c(F)c1. The topological polar surface area (TPSA) is 61.8 Å². The van der Waals surface area contributed by atoms with E-state index in [0.29, 0.717) is 6.54 Å². The molecular weight excluding hydrogens is 236 g/mol. The largest absolute Gasteiger partial charge is 0.374 e. The van der Waals surface area contributed by atoms with Crippen molar-refractivity contribution in [1.29, 1.82) is 5.26 Å². The molecule has 18 heavy (non-hydrogen) atoms. The Labute approximate surface area is 105 Å². The number of nitriles is 1. The highest BCUT2D eigenvalue weighted by Gasteiger charge is 2.33. The Morgan fingerprint density at radius 2 is 1.83 bits per heavy atom. The first-order valence-corrected chi connectivity index (χ1v) is 5.98. The predicted octanol–water partition coefficient (Wildman–Crippen LogP) is 2.52. The summed E-state index contributed by atoms with van der Waals surface area (Å²) >= 11 is 0. The minimum atomic E-state index is -0.744. The molecule has 96 valence electrons. The number of hydrogen-bond donors (Lipinski definition) is 2. The maximum atomic E-state index is 13.8. The Kier molecular flexibility index (Phi) is 3.48. The van der Waals surface area contributed by atoms with Crippen molar-refractivity contribution in [2.45, 2.75) is 31.2 Å². The van der Waals surface area contributed by atoms with E-state index in [4.69, 9.17) is 11.0 Å². The molecule has 0 heterocycles. The summed E-state index contributed by atoms with van der Waals surface area (Å²) in [6.07, 6.45) is 3.62. The lowest BCUT2D eigenvalue weighted by atomic mass is 9.97. The van der Waals surface area contributed by atoms with Gasteiger partial charge < -0.3 is 11.1 Å². The molecule has 0 aromatic heterocycles. The van der Waals surface area contributed by atoms with Crippen molar-refractivity contribution in [3.05, 3.63) is 29.3 Å². The van der Waals surface area contributed by atoms with E-state index in [1.54, 1.807) is 6.07 Å². The number of nitrogens with two attached hydrogens (primary N) is 1. The predicted molar refractivity (Wildman–Crippen MR) is 64.9 cm³/mol. The third kappa shape index (κ3) is 2.29. The second-order valence-electron chi connectivity index (χ2n) is 4.74. The number of benzene rings is 1. The van der Waals surface area contributed by atoms with Gasteiger partial charge in [0.15, 0.2) is 11.6 Å². The molecular formula is C13H15F2N3. The molecule has 3 nitrogen and oxygen atoms in total. The summed E-state index contributed by atoms with van der Waals surface area (Å²) in [6.45, 7) is 0.339. The molecule has 0 spiro atoms. The Morgan fingerprint density at radius 3 is 2.28 bits per heavy atom. The summed E-state index contributed by atoms with van der Waals surface area (Å²) in [6, 6.07) is 3.79.